The van der Waals surface area contributed by atoms with Gasteiger partial charge in [0, 0.05) is 24.4 Å². The van der Waals surface area contributed by atoms with Crippen molar-refractivity contribution in [3.63, 3.8) is 0 Å². The Bertz CT molecular complexity index is 1330. The molecule has 30 heavy (non-hydrogen) atoms. The van der Waals surface area contributed by atoms with Gasteiger partial charge in [0.05, 0.1) is 22.8 Å². The van der Waals surface area contributed by atoms with Crippen LogP contribution >= 0.6 is 0 Å². The Morgan fingerprint density at radius 2 is 1.87 bits per heavy atom. The van der Waals surface area contributed by atoms with Crippen LogP contribution in [0.2, 0.25) is 0 Å². The second-order valence-electron chi connectivity index (χ2n) is 8.70. The van der Waals surface area contributed by atoms with Crippen LogP contribution in [0.1, 0.15) is 42.6 Å². The summed E-state index contributed by atoms with van der Waals surface area (Å²) in [5.41, 5.74) is 5.27. The molecule has 6 nitrogen and oxygen atoms in total. The lowest BCUT2D eigenvalue weighted by molar-refractivity contribution is 0.609. The number of anilines is 1. The van der Waals surface area contributed by atoms with E-state index in [0.717, 1.165) is 39.9 Å². The minimum atomic E-state index is 0.0495. The highest BCUT2D eigenvalue weighted by Crippen LogP contribution is 2.33. The highest BCUT2D eigenvalue weighted by molar-refractivity contribution is 6.01. The molecule has 0 saturated heterocycles. The quantitative estimate of drug-likeness (QED) is 0.535. The molecule has 0 aliphatic heterocycles. The zero-order chi connectivity index (χ0) is 21.0. The molecule has 5 rings (SSSR count). The minimum Gasteiger partial charge on any atom is -0.362 e. The molecule has 2 aromatic carbocycles. The van der Waals surface area contributed by atoms with E-state index in [2.05, 4.69) is 65.8 Å². The van der Waals surface area contributed by atoms with Crippen LogP contribution in [0.3, 0.4) is 0 Å². The molecular formula is C24H27N5O. The highest BCUT2D eigenvalue weighted by Gasteiger charge is 2.25. The molecule has 4 aromatic rings. The summed E-state index contributed by atoms with van der Waals surface area (Å²) in [6.45, 7) is 6.99. The molecule has 0 amide bonds. The molecule has 2 aromatic heterocycles. The molecule has 0 unspecified atom stereocenters. The first kappa shape index (κ1) is 18.9. The Morgan fingerprint density at radius 3 is 2.60 bits per heavy atom. The van der Waals surface area contributed by atoms with Gasteiger partial charge in [0.25, 0.3) is 0 Å². The summed E-state index contributed by atoms with van der Waals surface area (Å²) in [6.07, 6.45) is 2.42. The Balaban J connectivity index is 1.65. The van der Waals surface area contributed by atoms with Crippen molar-refractivity contribution < 1.29 is 0 Å². The average molecular weight is 402 g/mol. The standard InChI is InChI=1S/C24H27N5O/c1-14-6-5-7-18(10-14)15(2)25-23-20-12-22-21(11-19(20)16(3)26-27-23)28(4)24(30)29(22)13-17-8-9-17/h5-7,10-12,15,17H,8-9,13H2,1-4H3,(H,25,27)/t15-/m1/s1. The van der Waals surface area contributed by atoms with Crippen molar-refractivity contribution in [2.45, 2.75) is 46.2 Å². The van der Waals surface area contributed by atoms with Crippen molar-refractivity contribution in [1.82, 2.24) is 19.3 Å². The number of nitrogens with one attached hydrogen (secondary N) is 1. The van der Waals surface area contributed by atoms with E-state index in [0.29, 0.717) is 5.92 Å². The van der Waals surface area contributed by atoms with Gasteiger partial charge in [-0.25, -0.2) is 4.79 Å². The Morgan fingerprint density at radius 1 is 1.10 bits per heavy atom. The van der Waals surface area contributed by atoms with E-state index in [1.807, 2.05) is 18.5 Å². The van der Waals surface area contributed by atoms with Gasteiger partial charge in [0.1, 0.15) is 0 Å². The van der Waals surface area contributed by atoms with E-state index < -0.39 is 0 Å². The molecule has 1 saturated carbocycles. The molecule has 0 bridgehead atoms. The second-order valence-corrected chi connectivity index (χ2v) is 8.70. The van der Waals surface area contributed by atoms with Crippen LogP contribution < -0.4 is 11.0 Å². The topological polar surface area (TPSA) is 64.7 Å². The van der Waals surface area contributed by atoms with Gasteiger partial charge in [-0.3, -0.25) is 9.13 Å². The average Bonchev–Trinajstić information content (AvgIpc) is 3.53. The van der Waals surface area contributed by atoms with E-state index >= 15 is 0 Å². The molecule has 1 atom stereocenters. The van der Waals surface area contributed by atoms with Gasteiger partial charge in [-0.1, -0.05) is 29.8 Å². The number of fused-ring (bicyclic) bond motifs is 2. The summed E-state index contributed by atoms with van der Waals surface area (Å²) in [6, 6.07) is 12.8. The van der Waals surface area contributed by atoms with Crippen molar-refractivity contribution in [1.29, 1.82) is 0 Å². The molecule has 154 valence electrons. The van der Waals surface area contributed by atoms with Gasteiger partial charge in [-0.2, -0.15) is 5.10 Å². The molecule has 1 aliphatic carbocycles. The third-order valence-corrected chi connectivity index (χ3v) is 6.26. The maximum Gasteiger partial charge on any atom is 0.328 e. The van der Waals surface area contributed by atoms with Crippen LogP contribution in [-0.4, -0.2) is 19.3 Å². The summed E-state index contributed by atoms with van der Waals surface area (Å²) in [4.78, 5) is 12.9. The van der Waals surface area contributed by atoms with Crippen LogP contribution in [-0.2, 0) is 13.6 Å². The number of rotatable bonds is 5. The monoisotopic (exact) mass is 401 g/mol. The fourth-order valence-electron chi connectivity index (χ4n) is 4.25. The van der Waals surface area contributed by atoms with E-state index in [1.165, 1.54) is 24.0 Å². The van der Waals surface area contributed by atoms with E-state index in [4.69, 9.17) is 0 Å². The second kappa shape index (κ2) is 6.97. The highest BCUT2D eigenvalue weighted by atomic mass is 16.1. The van der Waals surface area contributed by atoms with Gasteiger partial charge in [-0.15, -0.1) is 5.10 Å². The number of benzene rings is 2. The van der Waals surface area contributed by atoms with Gasteiger partial charge in [-0.05, 0) is 57.2 Å². The van der Waals surface area contributed by atoms with Crippen LogP contribution in [0.25, 0.3) is 21.8 Å². The number of nitrogens with zero attached hydrogens (tertiary/aromatic N) is 4. The first-order valence-corrected chi connectivity index (χ1v) is 10.6. The Kier molecular flexibility index (Phi) is 4.38. The Labute approximate surface area is 175 Å². The molecule has 1 N–H and O–H groups in total. The van der Waals surface area contributed by atoms with E-state index in [1.54, 1.807) is 4.57 Å². The van der Waals surface area contributed by atoms with Crippen molar-refractivity contribution in [2.24, 2.45) is 13.0 Å². The Hall–Kier alpha value is -3.15. The molecule has 0 spiro atoms. The summed E-state index contributed by atoms with van der Waals surface area (Å²) in [5.74, 6) is 1.38. The smallest absolute Gasteiger partial charge is 0.328 e. The van der Waals surface area contributed by atoms with Crippen LogP contribution in [0.4, 0.5) is 5.82 Å². The van der Waals surface area contributed by atoms with Crippen molar-refractivity contribution in [3.05, 3.63) is 63.7 Å². The fourth-order valence-corrected chi connectivity index (χ4v) is 4.25. The van der Waals surface area contributed by atoms with Crippen molar-refractivity contribution in [3.8, 4) is 0 Å². The zero-order valence-electron chi connectivity index (χ0n) is 17.9. The molecule has 6 heteroatoms. The van der Waals surface area contributed by atoms with Gasteiger partial charge < -0.3 is 5.32 Å². The van der Waals surface area contributed by atoms with Gasteiger partial charge >= 0.3 is 5.69 Å². The maximum absolute atomic E-state index is 12.9. The zero-order valence-corrected chi connectivity index (χ0v) is 17.9. The predicted octanol–water partition coefficient (Wildman–Crippen LogP) is 4.48. The fraction of sp³-hybridized carbons (Fsp3) is 0.375. The van der Waals surface area contributed by atoms with E-state index in [-0.39, 0.29) is 11.7 Å². The SMILES string of the molecule is Cc1cccc([C@@H](C)Nc2nnc(C)c3cc4c(cc23)n(CC2CC2)c(=O)n4C)c1. The van der Waals surface area contributed by atoms with Crippen LogP contribution in [0.5, 0.6) is 0 Å². The number of imidazole rings is 1. The minimum absolute atomic E-state index is 0.0495. The first-order chi connectivity index (χ1) is 14.4. The lowest BCUT2D eigenvalue weighted by Crippen LogP contribution is -2.22. The van der Waals surface area contributed by atoms with Gasteiger partial charge in [0.15, 0.2) is 5.82 Å². The number of aryl methyl sites for hydroxylation is 3. The molecule has 1 aliphatic rings. The largest absolute Gasteiger partial charge is 0.362 e. The summed E-state index contributed by atoms with van der Waals surface area (Å²) in [7, 11) is 1.85. The van der Waals surface area contributed by atoms with Crippen molar-refractivity contribution >= 4 is 27.6 Å². The number of hydrogen-bond acceptors (Lipinski definition) is 4. The summed E-state index contributed by atoms with van der Waals surface area (Å²) in [5, 5.41) is 14.4. The molecule has 1 fully saturated rings. The lowest BCUT2D eigenvalue weighted by atomic mass is 10.0. The number of hydrogen-bond donors (Lipinski definition) is 1. The van der Waals surface area contributed by atoms with Gasteiger partial charge in [0.2, 0.25) is 0 Å². The summed E-state index contributed by atoms with van der Waals surface area (Å²) < 4.78 is 3.68. The third-order valence-electron chi connectivity index (χ3n) is 6.26. The lowest BCUT2D eigenvalue weighted by Gasteiger charge is -2.17. The predicted molar refractivity (Wildman–Crippen MR) is 121 cm³/mol. The van der Waals surface area contributed by atoms with E-state index in [9.17, 15) is 4.79 Å². The van der Waals surface area contributed by atoms with Crippen LogP contribution in [0, 0.1) is 19.8 Å². The first-order valence-electron chi connectivity index (χ1n) is 10.6. The maximum atomic E-state index is 12.9. The molecular weight excluding hydrogens is 374 g/mol. The normalized spacial score (nSPS) is 15.1. The molecule has 0 radical (unpaired) electrons. The van der Waals surface area contributed by atoms with Crippen LogP contribution in [0.15, 0.2) is 41.2 Å². The molecule has 2 heterocycles. The summed E-state index contributed by atoms with van der Waals surface area (Å²) >= 11 is 0. The van der Waals surface area contributed by atoms with Crippen molar-refractivity contribution in [2.75, 3.05) is 5.32 Å². The third kappa shape index (κ3) is 3.16. The number of aromatic nitrogens is 4.